The van der Waals surface area contributed by atoms with Crippen molar-refractivity contribution in [2.24, 2.45) is 10.9 Å². The molecular weight excluding hydrogens is 350 g/mol. The first-order valence-corrected chi connectivity index (χ1v) is 9.91. The van der Waals surface area contributed by atoms with Gasteiger partial charge in [-0.15, -0.1) is 0 Å². The highest BCUT2D eigenvalue weighted by atomic mass is 15.3. The molecule has 7 nitrogen and oxygen atoms in total. The normalized spacial score (nSPS) is 11.5. The summed E-state index contributed by atoms with van der Waals surface area (Å²) in [5.74, 6) is 1.87. The summed E-state index contributed by atoms with van der Waals surface area (Å²) in [5, 5.41) is 20.7. The molecule has 150 valence electrons. The van der Waals surface area contributed by atoms with Crippen LogP contribution >= 0.6 is 0 Å². The fourth-order valence-electron chi connectivity index (χ4n) is 2.80. The van der Waals surface area contributed by atoms with E-state index in [4.69, 9.17) is 5.73 Å². The fourth-order valence-corrected chi connectivity index (χ4v) is 2.80. The highest BCUT2D eigenvalue weighted by Gasteiger charge is 2.16. The van der Waals surface area contributed by atoms with E-state index < -0.39 is 0 Å². The minimum absolute atomic E-state index is 0.385. The predicted octanol–water partition coefficient (Wildman–Crippen LogP) is 2.86. The van der Waals surface area contributed by atoms with Crippen LogP contribution in [0.5, 0.6) is 0 Å². The molecule has 2 rings (SSSR count). The van der Waals surface area contributed by atoms with Crippen LogP contribution in [0, 0.1) is 17.2 Å². The van der Waals surface area contributed by atoms with Crippen molar-refractivity contribution >= 4 is 11.8 Å². The van der Waals surface area contributed by atoms with E-state index in [1.54, 1.807) is 4.68 Å². The number of nitrogens with one attached hydrogen (secondary N) is 2. The third-order valence-corrected chi connectivity index (χ3v) is 4.31. The first-order chi connectivity index (χ1) is 13.6. The summed E-state index contributed by atoms with van der Waals surface area (Å²) in [5.41, 5.74) is 8.17. The molecule has 0 saturated heterocycles. The Morgan fingerprint density at radius 2 is 2.04 bits per heavy atom. The van der Waals surface area contributed by atoms with Crippen molar-refractivity contribution in [2.45, 2.75) is 40.0 Å². The van der Waals surface area contributed by atoms with E-state index in [0.717, 1.165) is 43.3 Å². The average molecular weight is 382 g/mol. The number of aryl methyl sites for hydroxylation is 1. The molecule has 1 aromatic carbocycles. The van der Waals surface area contributed by atoms with Crippen molar-refractivity contribution < 1.29 is 0 Å². The number of para-hydroxylation sites is 1. The van der Waals surface area contributed by atoms with E-state index in [9.17, 15) is 5.26 Å². The molecule has 1 aromatic heterocycles. The van der Waals surface area contributed by atoms with Crippen LogP contribution in [-0.2, 0) is 6.42 Å². The number of nitrogen functional groups attached to an aromatic ring is 1. The van der Waals surface area contributed by atoms with Gasteiger partial charge in [-0.1, -0.05) is 32.0 Å². The molecule has 0 atom stereocenters. The molecule has 0 bridgehead atoms. The number of hydrogen-bond acceptors (Lipinski definition) is 4. The number of nitrogens with two attached hydrogens (primary N) is 1. The highest BCUT2D eigenvalue weighted by Crippen LogP contribution is 2.21. The second kappa shape index (κ2) is 11.0. The fraction of sp³-hybridized carbons (Fsp3) is 0.476. The Kier molecular flexibility index (Phi) is 8.35. The highest BCUT2D eigenvalue weighted by molar-refractivity contribution is 5.79. The molecule has 0 radical (unpaired) electrons. The number of aliphatic imine (C=N–C) groups is 1. The van der Waals surface area contributed by atoms with Crippen molar-refractivity contribution in [3.05, 3.63) is 41.6 Å². The average Bonchev–Trinajstić information content (AvgIpc) is 3.01. The van der Waals surface area contributed by atoms with Gasteiger partial charge in [0.15, 0.2) is 5.96 Å². The standard InChI is InChI=1S/C21H31N7/c1-4-24-21(26-14-12-16(2)3)25-13-8-11-19-18(15-22)20(23)28(27-19)17-9-6-5-7-10-17/h5-7,9-10,16H,4,8,11-14,23H2,1-3H3,(H2,24,25,26). The minimum Gasteiger partial charge on any atom is -0.382 e. The van der Waals surface area contributed by atoms with Crippen LogP contribution in [0.3, 0.4) is 0 Å². The summed E-state index contributed by atoms with van der Waals surface area (Å²) < 4.78 is 1.63. The lowest BCUT2D eigenvalue weighted by Crippen LogP contribution is -2.38. The van der Waals surface area contributed by atoms with Crippen LogP contribution in [0.2, 0.25) is 0 Å². The van der Waals surface area contributed by atoms with Crippen molar-refractivity contribution in [1.29, 1.82) is 5.26 Å². The van der Waals surface area contributed by atoms with Crippen molar-refractivity contribution in [3.8, 4) is 11.8 Å². The molecule has 0 unspecified atom stereocenters. The molecule has 0 fully saturated rings. The van der Waals surface area contributed by atoms with Gasteiger partial charge in [-0.2, -0.15) is 10.4 Å². The summed E-state index contributed by atoms with van der Waals surface area (Å²) in [7, 11) is 0. The molecule has 0 aliphatic carbocycles. The van der Waals surface area contributed by atoms with Gasteiger partial charge in [-0.3, -0.25) is 4.99 Å². The minimum atomic E-state index is 0.385. The lowest BCUT2D eigenvalue weighted by molar-refractivity contribution is 0.573. The van der Waals surface area contributed by atoms with E-state index in [0.29, 0.717) is 30.3 Å². The van der Waals surface area contributed by atoms with Crippen LogP contribution in [-0.4, -0.2) is 35.4 Å². The van der Waals surface area contributed by atoms with E-state index in [2.05, 4.69) is 47.6 Å². The van der Waals surface area contributed by atoms with Gasteiger partial charge in [0.2, 0.25) is 0 Å². The summed E-state index contributed by atoms with van der Waals surface area (Å²) >= 11 is 0. The van der Waals surface area contributed by atoms with E-state index in [-0.39, 0.29) is 0 Å². The molecule has 28 heavy (non-hydrogen) atoms. The molecule has 0 aliphatic heterocycles. The monoisotopic (exact) mass is 381 g/mol. The Morgan fingerprint density at radius 1 is 1.29 bits per heavy atom. The first-order valence-electron chi connectivity index (χ1n) is 9.91. The topological polar surface area (TPSA) is 104 Å². The maximum atomic E-state index is 9.49. The number of guanidine groups is 1. The molecule has 2 aromatic rings. The van der Waals surface area contributed by atoms with Gasteiger partial charge < -0.3 is 16.4 Å². The Balaban J connectivity index is 1.99. The van der Waals surface area contributed by atoms with E-state index in [1.807, 2.05) is 30.3 Å². The molecule has 7 heteroatoms. The Morgan fingerprint density at radius 3 is 2.68 bits per heavy atom. The number of aromatic nitrogens is 2. The van der Waals surface area contributed by atoms with Crippen LogP contribution in [0.4, 0.5) is 5.82 Å². The number of benzene rings is 1. The molecule has 0 saturated carbocycles. The first kappa shape index (κ1) is 21.3. The van der Waals surface area contributed by atoms with Gasteiger partial charge in [0, 0.05) is 19.6 Å². The maximum absolute atomic E-state index is 9.49. The SMILES string of the molecule is CCNC(=NCCCc1nn(-c2ccccc2)c(N)c1C#N)NCCC(C)C. The largest absolute Gasteiger partial charge is 0.382 e. The smallest absolute Gasteiger partial charge is 0.191 e. The van der Waals surface area contributed by atoms with Crippen molar-refractivity contribution in [1.82, 2.24) is 20.4 Å². The molecule has 0 aliphatic rings. The zero-order chi connectivity index (χ0) is 20.4. The lowest BCUT2D eigenvalue weighted by atomic mass is 10.1. The Bertz CT molecular complexity index is 800. The summed E-state index contributed by atoms with van der Waals surface area (Å²) in [6, 6.07) is 11.8. The van der Waals surface area contributed by atoms with E-state index in [1.165, 1.54) is 0 Å². The number of hydrogen-bond donors (Lipinski definition) is 3. The van der Waals surface area contributed by atoms with E-state index >= 15 is 0 Å². The van der Waals surface area contributed by atoms with Gasteiger partial charge in [0.25, 0.3) is 0 Å². The van der Waals surface area contributed by atoms with Crippen molar-refractivity contribution in [2.75, 3.05) is 25.4 Å². The van der Waals surface area contributed by atoms with Gasteiger partial charge in [0.05, 0.1) is 11.4 Å². The Hall–Kier alpha value is -3.01. The second-order valence-corrected chi connectivity index (χ2v) is 7.04. The number of nitrogens with zero attached hydrogens (tertiary/aromatic N) is 4. The van der Waals surface area contributed by atoms with Crippen LogP contribution in [0.25, 0.3) is 5.69 Å². The molecule has 0 amide bonds. The maximum Gasteiger partial charge on any atom is 0.191 e. The molecule has 4 N–H and O–H groups in total. The molecular formula is C21H31N7. The van der Waals surface area contributed by atoms with Gasteiger partial charge in [0.1, 0.15) is 17.5 Å². The van der Waals surface area contributed by atoms with Crippen LogP contribution in [0.1, 0.15) is 44.9 Å². The summed E-state index contributed by atoms with van der Waals surface area (Å²) in [6.45, 7) is 8.85. The van der Waals surface area contributed by atoms with Gasteiger partial charge >= 0.3 is 0 Å². The third-order valence-electron chi connectivity index (χ3n) is 4.31. The second-order valence-electron chi connectivity index (χ2n) is 7.04. The zero-order valence-electron chi connectivity index (χ0n) is 17.1. The molecule has 1 heterocycles. The summed E-state index contributed by atoms with van der Waals surface area (Å²) in [6.07, 6.45) is 2.55. The third kappa shape index (κ3) is 6.02. The quantitative estimate of drug-likeness (QED) is 0.352. The van der Waals surface area contributed by atoms with Crippen LogP contribution in [0.15, 0.2) is 35.3 Å². The molecule has 0 spiro atoms. The van der Waals surface area contributed by atoms with Crippen LogP contribution < -0.4 is 16.4 Å². The Labute approximate surface area is 167 Å². The zero-order valence-corrected chi connectivity index (χ0v) is 17.1. The lowest BCUT2D eigenvalue weighted by Gasteiger charge is -2.12. The number of nitriles is 1. The van der Waals surface area contributed by atoms with Gasteiger partial charge in [-0.05, 0) is 44.2 Å². The number of anilines is 1. The number of rotatable bonds is 9. The summed E-state index contributed by atoms with van der Waals surface area (Å²) in [4.78, 5) is 4.61. The van der Waals surface area contributed by atoms with Gasteiger partial charge in [-0.25, -0.2) is 4.68 Å². The predicted molar refractivity (Wildman–Crippen MR) is 114 cm³/mol. The van der Waals surface area contributed by atoms with Crippen molar-refractivity contribution in [3.63, 3.8) is 0 Å².